The van der Waals surface area contributed by atoms with Crippen molar-refractivity contribution in [2.45, 2.75) is 6.92 Å². The maximum Gasteiger partial charge on any atom is 0.275 e. The summed E-state index contributed by atoms with van der Waals surface area (Å²) in [5.41, 5.74) is 0.834. The smallest absolute Gasteiger partial charge is 0.275 e. The van der Waals surface area contributed by atoms with Gasteiger partial charge < -0.3 is 10.1 Å². The first kappa shape index (κ1) is 13.5. The van der Waals surface area contributed by atoms with Crippen molar-refractivity contribution in [3.05, 3.63) is 46.8 Å². The van der Waals surface area contributed by atoms with Gasteiger partial charge in [-0.3, -0.25) is 4.79 Å². The van der Waals surface area contributed by atoms with Crippen LogP contribution in [-0.4, -0.2) is 22.5 Å². The lowest BCUT2D eigenvalue weighted by atomic mass is 10.3. The number of carbonyl (C=O) groups is 1. The van der Waals surface area contributed by atoms with Gasteiger partial charge in [-0.15, -0.1) is 0 Å². The second-order valence-electron chi connectivity index (χ2n) is 3.58. The standard InChI is InChI=1S/C13H12BrN3O2/c1-2-19-13-10(6-4-8-16-13)17-12(18)11-9(14)5-3-7-15-11/h3-8H,2H2,1H3,(H,17,18). The number of hydrogen-bond donors (Lipinski definition) is 1. The second-order valence-corrected chi connectivity index (χ2v) is 4.43. The van der Waals surface area contributed by atoms with Gasteiger partial charge >= 0.3 is 0 Å². The summed E-state index contributed by atoms with van der Waals surface area (Å²) in [4.78, 5) is 20.2. The van der Waals surface area contributed by atoms with Crippen LogP contribution in [0.2, 0.25) is 0 Å². The number of aromatic nitrogens is 2. The molecule has 0 saturated carbocycles. The molecule has 0 unspecified atom stereocenters. The topological polar surface area (TPSA) is 64.1 Å². The number of nitrogens with zero attached hydrogens (tertiary/aromatic N) is 2. The SMILES string of the molecule is CCOc1ncccc1NC(=O)c1ncccc1Br. The number of halogens is 1. The Balaban J connectivity index is 2.22. The summed E-state index contributed by atoms with van der Waals surface area (Å²) < 4.78 is 5.98. The van der Waals surface area contributed by atoms with Gasteiger partial charge in [-0.2, -0.15) is 0 Å². The molecule has 0 aliphatic carbocycles. The summed E-state index contributed by atoms with van der Waals surface area (Å²) in [5.74, 6) is 0.0758. The summed E-state index contributed by atoms with van der Waals surface area (Å²) in [6.45, 7) is 2.34. The molecule has 2 heterocycles. The molecule has 0 atom stereocenters. The number of pyridine rings is 2. The van der Waals surface area contributed by atoms with E-state index in [2.05, 4.69) is 31.2 Å². The molecular weight excluding hydrogens is 310 g/mol. The van der Waals surface area contributed by atoms with Crippen molar-refractivity contribution in [3.63, 3.8) is 0 Å². The van der Waals surface area contributed by atoms with Crippen LogP contribution in [0.1, 0.15) is 17.4 Å². The highest BCUT2D eigenvalue weighted by atomic mass is 79.9. The minimum Gasteiger partial charge on any atom is -0.476 e. The molecule has 0 bridgehead atoms. The number of carbonyl (C=O) groups excluding carboxylic acids is 1. The largest absolute Gasteiger partial charge is 0.476 e. The van der Waals surface area contributed by atoms with Crippen molar-refractivity contribution in [1.82, 2.24) is 9.97 Å². The predicted octanol–water partition coefficient (Wildman–Crippen LogP) is 2.89. The molecule has 0 fully saturated rings. The molecule has 98 valence electrons. The molecule has 6 heteroatoms. The highest BCUT2D eigenvalue weighted by Crippen LogP contribution is 2.22. The quantitative estimate of drug-likeness (QED) is 0.940. The summed E-state index contributed by atoms with van der Waals surface area (Å²) >= 11 is 3.29. The lowest BCUT2D eigenvalue weighted by molar-refractivity contribution is 0.102. The maximum absolute atomic E-state index is 12.1. The van der Waals surface area contributed by atoms with E-state index in [1.165, 1.54) is 0 Å². The van der Waals surface area contributed by atoms with Crippen molar-refractivity contribution in [3.8, 4) is 5.88 Å². The van der Waals surface area contributed by atoms with Crippen molar-refractivity contribution >= 4 is 27.5 Å². The van der Waals surface area contributed by atoms with Gasteiger partial charge in [0.25, 0.3) is 5.91 Å². The van der Waals surface area contributed by atoms with Crippen LogP contribution in [0, 0.1) is 0 Å². The number of rotatable bonds is 4. The van der Waals surface area contributed by atoms with E-state index in [4.69, 9.17) is 4.74 Å². The third-order valence-electron chi connectivity index (χ3n) is 2.27. The Labute approximate surface area is 119 Å². The highest BCUT2D eigenvalue weighted by molar-refractivity contribution is 9.10. The van der Waals surface area contributed by atoms with Gasteiger partial charge in [0.2, 0.25) is 5.88 Å². The number of amides is 1. The third kappa shape index (κ3) is 3.29. The molecule has 5 nitrogen and oxygen atoms in total. The van der Waals surface area contributed by atoms with Gasteiger partial charge in [-0.05, 0) is 47.1 Å². The Hall–Kier alpha value is -1.95. The molecule has 1 amide bonds. The number of anilines is 1. The Kier molecular flexibility index (Phi) is 4.46. The molecule has 0 radical (unpaired) electrons. The van der Waals surface area contributed by atoms with E-state index in [-0.39, 0.29) is 5.91 Å². The Morgan fingerprint density at radius 3 is 2.79 bits per heavy atom. The zero-order valence-electron chi connectivity index (χ0n) is 10.3. The van der Waals surface area contributed by atoms with Gasteiger partial charge in [-0.1, -0.05) is 0 Å². The third-order valence-corrected chi connectivity index (χ3v) is 2.91. The van der Waals surface area contributed by atoms with Crippen LogP contribution < -0.4 is 10.1 Å². The molecule has 1 N–H and O–H groups in total. The van der Waals surface area contributed by atoms with Gasteiger partial charge in [0, 0.05) is 16.9 Å². The Morgan fingerprint density at radius 1 is 1.32 bits per heavy atom. The van der Waals surface area contributed by atoms with Gasteiger partial charge in [-0.25, -0.2) is 9.97 Å². The minimum absolute atomic E-state index is 0.314. The van der Waals surface area contributed by atoms with Crippen LogP contribution >= 0.6 is 15.9 Å². The fraction of sp³-hybridized carbons (Fsp3) is 0.154. The lowest BCUT2D eigenvalue weighted by Gasteiger charge is -2.10. The van der Waals surface area contributed by atoms with Crippen LogP contribution in [-0.2, 0) is 0 Å². The van der Waals surface area contributed by atoms with E-state index < -0.39 is 0 Å². The fourth-order valence-corrected chi connectivity index (χ4v) is 1.91. The van der Waals surface area contributed by atoms with Crippen LogP contribution in [0.3, 0.4) is 0 Å². The monoisotopic (exact) mass is 321 g/mol. The first-order valence-corrected chi connectivity index (χ1v) is 6.51. The van der Waals surface area contributed by atoms with E-state index >= 15 is 0 Å². The Morgan fingerprint density at radius 2 is 2.05 bits per heavy atom. The van der Waals surface area contributed by atoms with Crippen LogP contribution in [0.25, 0.3) is 0 Å². The lowest BCUT2D eigenvalue weighted by Crippen LogP contribution is -2.15. The molecule has 0 aliphatic rings. The average Bonchev–Trinajstić information content (AvgIpc) is 2.41. The zero-order chi connectivity index (χ0) is 13.7. The summed E-state index contributed by atoms with van der Waals surface area (Å²) in [7, 11) is 0. The number of nitrogens with one attached hydrogen (secondary N) is 1. The van der Waals surface area contributed by atoms with Gasteiger partial charge in [0.15, 0.2) is 0 Å². The van der Waals surface area contributed by atoms with E-state index in [0.29, 0.717) is 28.3 Å². The summed E-state index contributed by atoms with van der Waals surface area (Å²) in [5, 5.41) is 2.73. The van der Waals surface area contributed by atoms with Crippen LogP contribution in [0.5, 0.6) is 5.88 Å². The van der Waals surface area contributed by atoms with E-state index in [9.17, 15) is 4.79 Å². The molecular formula is C13H12BrN3O2. The van der Waals surface area contributed by atoms with Crippen molar-refractivity contribution in [2.24, 2.45) is 0 Å². The molecule has 0 saturated heterocycles. The first-order chi connectivity index (χ1) is 9.22. The van der Waals surface area contributed by atoms with E-state index in [1.807, 2.05) is 6.92 Å². The number of ether oxygens (including phenoxy) is 1. The van der Waals surface area contributed by atoms with Crippen LogP contribution in [0.15, 0.2) is 41.1 Å². The summed E-state index contributed by atoms with van der Waals surface area (Å²) in [6.07, 6.45) is 3.17. The van der Waals surface area contributed by atoms with Gasteiger partial charge in [0.05, 0.1) is 6.61 Å². The molecule has 2 aromatic rings. The van der Waals surface area contributed by atoms with Crippen molar-refractivity contribution in [1.29, 1.82) is 0 Å². The first-order valence-electron chi connectivity index (χ1n) is 5.72. The number of hydrogen-bond acceptors (Lipinski definition) is 4. The normalized spacial score (nSPS) is 10.0. The van der Waals surface area contributed by atoms with Crippen molar-refractivity contribution < 1.29 is 9.53 Å². The molecule has 2 aromatic heterocycles. The van der Waals surface area contributed by atoms with E-state index in [0.717, 1.165) is 0 Å². The molecule has 0 spiro atoms. The molecule has 0 aromatic carbocycles. The minimum atomic E-state index is -0.318. The molecule has 2 rings (SSSR count). The summed E-state index contributed by atoms with van der Waals surface area (Å²) in [6, 6.07) is 6.96. The molecule has 19 heavy (non-hydrogen) atoms. The second kappa shape index (κ2) is 6.29. The van der Waals surface area contributed by atoms with Crippen LogP contribution in [0.4, 0.5) is 5.69 Å². The van der Waals surface area contributed by atoms with E-state index in [1.54, 1.807) is 36.7 Å². The fourth-order valence-electron chi connectivity index (χ4n) is 1.47. The van der Waals surface area contributed by atoms with Crippen molar-refractivity contribution in [2.75, 3.05) is 11.9 Å². The van der Waals surface area contributed by atoms with Gasteiger partial charge in [0.1, 0.15) is 11.4 Å². The highest BCUT2D eigenvalue weighted by Gasteiger charge is 2.14. The zero-order valence-corrected chi connectivity index (χ0v) is 11.8. The maximum atomic E-state index is 12.1. The predicted molar refractivity (Wildman–Crippen MR) is 75.3 cm³/mol. The Bertz CT molecular complexity index is 590. The molecule has 0 aliphatic heterocycles. The average molecular weight is 322 g/mol.